The highest BCUT2D eigenvalue weighted by Gasteiger charge is 2.11. The predicted molar refractivity (Wildman–Crippen MR) is 94.3 cm³/mol. The smallest absolute Gasteiger partial charge is 0.257 e. The summed E-state index contributed by atoms with van der Waals surface area (Å²) < 4.78 is 6.81. The fourth-order valence-electron chi connectivity index (χ4n) is 2.48. The molecular weight excluding hydrogens is 318 g/mol. The molecule has 1 amide bonds. The minimum Gasteiger partial charge on any atom is -0.481 e. The first-order valence-electron chi connectivity index (χ1n) is 7.80. The first kappa shape index (κ1) is 16.6. The molecule has 3 aromatic rings. The van der Waals surface area contributed by atoms with Crippen LogP contribution in [0.5, 0.6) is 5.88 Å². The van der Waals surface area contributed by atoms with Crippen molar-refractivity contribution >= 4 is 11.6 Å². The van der Waals surface area contributed by atoms with E-state index >= 15 is 0 Å². The number of aromatic nitrogens is 4. The molecule has 1 N–H and O–H groups in total. The van der Waals surface area contributed by atoms with E-state index in [0.717, 1.165) is 11.4 Å². The lowest BCUT2D eigenvalue weighted by Crippen LogP contribution is -2.14. The summed E-state index contributed by atoms with van der Waals surface area (Å²) in [5.74, 6) is 0.929. The molecule has 0 spiro atoms. The van der Waals surface area contributed by atoms with Crippen molar-refractivity contribution in [1.82, 2.24) is 19.7 Å². The number of nitrogens with one attached hydrogen (secondary N) is 1. The molecule has 0 aliphatic rings. The third-order valence-corrected chi connectivity index (χ3v) is 3.75. The summed E-state index contributed by atoms with van der Waals surface area (Å²) in [6.07, 6.45) is 1.54. The molecule has 25 heavy (non-hydrogen) atoms. The van der Waals surface area contributed by atoms with E-state index < -0.39 is 0 Å². The maximum atomic E-state index is 12.4. The molecule has 0 saturated heterocycles. The van der Waals surface area contributed by atoms with Gasteiger partial charge in [-0.05, 0) is 45.0 Å². The molecule has 0 unspecified atom stereocenters. The van der Waals surface area contributed by atoms with Gasteiger partial charge in [0.15, 0.2) is 5.82 Å². The Morgan fingerprint density at radius 2 is 1.96 bits per heavy atom. The predicted octanol–water partition coefficient (Wildman–Crippen LogP) is 2.85. The molecule has 7 heteroatoms. The van der Waals surface area contributed by atoms with E-state index in [1.165, 1.54) is 6.20 Å². The molecule has 0 aromatic carbocycles. The van der Waals surface area contributed by atoms with Crippen LogP contribution in [0.15, 0.2) is 36.5 Å². The highest BCUT2D eigenvalue weighted by atomic mass is 16.5. The van der Waals surface area contributed by atoms with Crippen molar-refractivity contribution in [3.05, 3.63) is 59.2 Å². The van der Waals surface area contributed by atoms with Crippen molar-refractivity contribution in [2.24, 2.45) is 0 Å². The fourth-order valence-corrected chi connectivity index (χ4v) is 2.48. The SMILES string of the molecule is COc1ccc(NC(=O)c2ccc(-n3nc(C)cc3C)nc2)c(C)n1. The van der Waals surface area contributed by atoms with Crippen molar-refractivity contribution in [3.63, 3.8) is 0 Å². The second kappa shape index (κ2) is 6.72. The lowest BCUT2D eigenvalue weighted by atomic mass is 10.2. The van der Waals surface area contributed by atoms with E-state index in [4.69, 9.17) is 4.74 Å². The van der Waals surface area contributed by atoms with Crippen molar-refractivity contribution < 1.29 is 9.53 Å². The zero-order chi connectivity index (χ0) is 18.0. The van der Waals surface area contributed by atoms with Crippen molar-refractivity contribution in [1.29, 1.82) is 0 Å². The first-order chi connectivity index (χ1) is 12.0. The molecule has 7 nitrogen and oxygen atoms in total. The van der Waals surface area contributed by atoms with Crippen molar-refractivity contribution in [2.45, 2.75) is 20.8 Å². The summed E-state index contributed by atoms with van der Waals surface area (Å²) in [5, 5.41) is 7.22. The third-order valence-electron chi connectivity index (χ3n) is 3.75. The summed E-state index contributed by atoms with van der Waals surface area (Å²) in [4.78, 5) is 21.0. The Labute approximate surface area is 145 Å². The number of carbonyl (C=O) groups is 1. The quantitative estimate of drug-likeness (QED) is 0.791. The van der Waals surface area contributed by atoms with Crippen LogP contribution in [-0.2, 0) is 0 Å². The Bertz CT molecular complexity index is 916. The maximum absolute atomic E-state index is 12.4. The molecule has 3 aromatic heterocycles. The van der Waals surface area contributed by atoms with Crippen molar-refractivity contribution in [2.75, 3.05) is 12.4 Å². The van der Waals surface area contributed by atoms with Crippen LogP contribution in [0.25, 0.3) is 5.82 Å². The topological polar surface area (TPSA) is 81.9 Å². The molecule has 0 fully saturated rings. The van der Waals surface area contributed by atoms with E-state index in [-0.39, 0.29) is 5.91 Å². The molecule has 0 aliphatic heterocycles. The van der Waals surface area contributed by atoms with Crippen LogP contribution in [0.3, 0.4) is 0 Å². The minimum absolute atomic E-state index is 0.248. The average molecular weight is 337 g/mol. The van der Waals surface area contributed by atoms with E-state index in [1.807, 2.05) is 26.8 Å². The van der Waals surface area contributed by atoms with Crippen LogP contribution in [-0.4, -0.2) is 32.8 Å². The van der Waals surface area contributed by atoms with Gasteiger partial charge in [-0.15, -0.1) is 0 Å². The standard InChI is InChI=1S/C18H19N5O2/c1-11-9-12(2)23(22-11)16-7-5-14(10-19-16)18(24)21-15-6-8-17(25-4)20-13(15)3/h5-10H,1-4H3,(H,21,24). The Hall–Kier alpha value is -3.22. The second-order valence-electron chi connectivity index (χ2n) is 5.68. The van der Waals surface area contributed by atoms with Crippen LogP contribution >= 0.6 is 0 Å². The molecule has 0 bridgehead atoms. The number of amides is 1. The molecular formula is C18H19N5O2. The number of hydrogen-bond acceptors (Lipinski definition) is 5. The van der Waals surface area contributed by atoms with Gasteiger partial charge in [0, 0.05) is 18.0 Å². The Balaban J connectivity index is 1.78. The highest BCUT2D eigenvalue weighted by Crippen LogP contribution is 2.18. The lowest BCUT2D eigenvalue weighted by molar-refractivity contribution is 0.102. The monoisotopic (exact) mass is 337 g/mol. The zero-order valence-electron chi connectivity index (χ0n) is 14.6. The van der Waals surface area contributed by atoms with Gasteiger partial charge in [-0.2, -0.15) is 5.10 Å². The summed E-state index contributed by atoms with van der Waals surface area (Å²) in [7, 11) is 1.55. The van der Waals surface area contributed by atoms with E-state index in [0.29, 0.717) is 28.6 Å². The molecule has 0 saturated carbocycles. The van der Waals surface area contributed by atoms with Gasteiger partial charge in [-0.3, -0.25) is 4.79 Å². The fraction of sp³-hybridized carbons (Fsp3) is 0.222. The van der Waals surface area contributed by atoms with Gasteiger partial charge >= 0.3 is 0 Å². The van der Waals surface area contributed by atoms with E-state index in [1.54, 1.807) is 36.1 Å². The first-order valence-corrected chi connectivity index (χ1v) is 7.80. The summed E-state index contributed by atoms with van der Waals surface area (Å²) in [5.41, 5.74) is 3.68. The number of hydrogen-bond donors (Lipinski definition) is 1. The second-order valence-corrected chi connectivity index (χ2v) is 5.68. The number of pyridine rings is 2. The average Bonchev–Trinajstić information content (AvgIpc) is 2.95. The lowest BCUT2D eigenvalue weighted by Gasteiger charge is -2.09. The zero-order valence-corrected chi connectivity index (χ0v) is 14.6. The van der Waals surface area contributed by atoms with Crippen LogP contribution in [0.4, 0.5) is 5.69 Å². The third kappa shape index (κ3) is 3.50. The van der Waals surface area contributed by atoms with E-state index in [2.05, 4.69) is 20.4 Å². The number of rotatable bonds is 4. The number of ether oxygens (including phenoxy) is 1. The van der Waals surface area contributed by atoms with E-state index in [9.17, 15) is 4.79 Å². The van der Waals surface area contributed by atoms with Gasteiger partial charge in [0.1, 0.15) is 0 Å². The van der Waals surface area contributed by atoms with Gasteiger partial charge in [0.25, 0.3) is 5.91 Å². The molecule has 0 atom stereocenters. The normalized spacial score (nSPS) is 10.6. The van der Waals surface area contributed by atoms with Gasteiger partial charge in [-0.1, -0.05) is 0 Å². The number of methoxy groups -OCH3 is 1. The summed E-state index contributed by atoms with van der Waals surface area (Å²) >= 11 is 0. The van der Waals surface area contributed by atoms with Crippen LogP contribution < -0.4 is 10.1 Å². The Morgan fingerprint density at radius 3 is 2.52 bits per heavy atom. The number of carbonyl (C=O) groups excluding carboxylic acids is 1. The molecule has 3 rings (SSSR count). The van der Waals surface area contributed by atoms with Crippen LogP contribution in [0.2, 0.25) is 0 Å². The van der Waals surface area contributed by atoms with Crippen molar-refractivity contribution in [3.8, 4) is 11.7 Å². The molecule has 0 radical (unpaired) electrons. The Kier molecular flexibility index (Phi) is 4.47. The molecule has 0 aliphatic carbocycles. The largest absolute Gasteiger partial charge is 0.481 e. The Morgan fingerprint density at radius 1 is 1.16 bits per heavy atom. The summed E-state index contributed by atoms with van der Waals surface area (Å²) in [6.45, 7) is 5.70. The minimum atomic E-state index is -0.248. The number of nitrogens with zero attached hydrogens (tertiary/aromatic N) is 4. The summed E-state index contributed by atoms with van der Waals surface area (Å²) in [6, 6.07) is 8.93. The van der Waals surface area contributed by atoms with Gasteiger partial charge in [0.2, 0.25) is 5.88 Å². The maximum Gasteiger partial charge on any atom is 0.257 e. The molecule has 128 valence electrons. The van der Waals surface area contributed by atoms with Gasteiger partial charge in [-0.25, -0.2) is 14.6 Å². The number of anilines is 1. The number of aryl methyl sites for hydroxylation is 3. The molecule has 3 heterocycles. The van der Waals surface area contributed by atoms with Crippen LogP contribution in [0, 0.1) is 20.8 Å². The highest BCUT2D eigenvalue weighted by molar-refractivity contribution is 6.04. The van der Waals surface area contributed by atoms with Gasteiger partial charge in [0.05, 0.1) is 29.7 Å². The van der Waals surface area contributed by atoms with Crippen LogP contribution in [0.1, 0.15) is 27.4 Å². The van der Waals surface area contributed by atoms with Gasteiger partial charge < -0.3 is 10.1 Å².